The molecule has 0 N–H and O–H groups in total. The van der Waals surface area contributed by atoms with Gasteiger partial charge < -0.3 is 4.74 Å². The molecule has 6 nitrogen and oxygen atoms in total. The highest BCUT2D eigenvalue weighted by Gasteiger charge is 2.18. The van der Waals surface area contributed by atoms with Gasteiger partial charge in [0.1, 0.15) is 18.4 Å². The van der Waals surface area contributed by atoms with E-state index in [1.165, 1.54) is 37.5 Å². The predicted octanol–water partition coefficient (Wildman–Crippen LogP) is 2.72. The van der Waals surface area contributed by atoms with Crippen LogP contribution in [0.2, 0.25) is 0 Å². The van der Waals surface area contributed by atoms with Crippen molar-refractivity contribution in [3.8, 4) is 11.8 Å². The largest absolute Gasteiger partial charge is 0.491 e. The molecular formula is C15H19N3O3. The zero-order valence-corrected chi connectivity index (χ0v) is 12.1. The van der Waals surface area contributed by atoms with Gasteiger partial charge in [-0.05, 0) is 32.4 Å². The van der Waals surface area contributed by atoms with Crippen molar-refractivity contribution in [3.63, 3.8) is 0 Å². The highest BCUT2D eigenvalue weighted by molar-refractivity contribution is 5.49. The zero-order valence-electron chi connectivity index (χ0n) is 12.1. The van der Waals surface area contributed by atoms with Crippen molar-refractivity contribution >= 4 is 5.69 Å². The van der Waals surface area contributed by atoms with Gasteiger partial charge in [0.05, 0.1) is 16.6 Å². The number of rotatable bonds is 5. The fourth-order valence-corrected chi connectivity index (χ4v) is 2.60. The first-order chi connectivity index (χ1) is 10.1. The first-order valence-corrected chi connectivity index (χ1v) is 7.17. The molecule has 21 heavy (non-hydrogen) atoms. The number of likely N-dealkylation sites (tertiary alicyclic amines) is 1. The third-order valence-corrected chi connectivity index (χ3v) is 3.87. The minimum Gasteiger partial charge on any atom is -0.491 e. The van der Waals surface area contributed by atoms with Gasteiger partial charge in [-0.15, -0.1) is 0 Å². The summed E-state index contributed by atoms with van der Waals surface area (Å²) < 4.78 is 5.60. The van der Waals surface area contributed by atoms with Crippen molar-refractivity contribution in [2.75, 3.05) is 19.7 Å². The summed E-state index contributed by atoms with van der Waals surface area (Å²) in [5, 5.41) is 19.8. The van der Waals surface area contributed by atoms with E-state index >= 15 is 0 Å². The van der Waals surface area contributed by atoms with Gasteiger partial charge in [0.25, 0.3) is 5.69 Å². The van der Waals surface area contributed by atoms with Crippen LogP contribution in [-0.2, 0) is 0 Å². The Morgan fingerprint density at radius 3 is 3.00 bits per heavy atom. The lowest BCUT2D eigenvalue weighted by atomic mass is 10.0. The fraction of sp³-hybridized carbons (Fsp3) is 0.533. The van der Waals surface area contributed by atoms with E-state index in [9.17, 15) is 10.1 Å². The van der Waals surface area contributed by atoms with Crippen LogP contribution in [0, 0.1) is 21.4 Å². The standard InChI is InChI=1S/C15H19N3O3/c1-12-4-2-3-7-17(12)8-9-21-15-10-14(18(19)20)6-5-13(15)11-16/h5-6,10,12H,2-4,7-9H2,1H3. The Hall–Kier alpha value is -2.13. The van der Waals surface area contributed by atoms with Gasteiger partial charge in [0, 0.05) is 18.7 Å². The number of nitro groups is 1. The monoisotopic (exact) mass is 289 g/mol. The van der Waals surface area contributed by atoms with Crippen LogP contribution < -0.4 is 4.74 Å². The van der Waals surface area contributed by atoms with E-state index in [0.29, 0.717) is 18.2 Å². The fourth-order valence-electron chi connectivity index (χ4n) is 2.60. The number of nitro benzene ring substituents is 1. The van der Waals surface area contributed by atoms with E-state index in [1.54, 1.807) is 0 Å². The Morgan fingerprint density at radius 2 is 2.33 bits per heavy atom. The Balaban J connectivity index is 1.97. The molecule has 1 aliphatic rings. The summed E-state index contributed by atoms with van der Waals surface area (Å²) in [6.45, 7) is 4.46. The number of non-ortho nitro benzene ring substituents is 1. The van der Waals surface area contributed by atoms with Crippen LogP contribution in [-0.4, -0.2) is 35.6 Å². The predicted molar refractivity (Wildman–Crippen MR) is 78.2 cm³/mol. The molecule has 0 aromatic heterocycles. The lowest BCUT2D eigenvalue weighted by Gasteiger charge is -2.33. The number of hydrogen-bond donors (Lipinski definition) is 0. The molecule has 6 heteroatoms. The number of nitrogens with zero attached hydrogens (tertiary/aromatic N) is 3. The number of piperidine rings is 1. The molecule has 0 saturated carbocycles. The van der Waals surface area contributed by atoms with Crippen LogP contribution in [0.5, 0.6) is 5.75 Å². The van der Waals surface area contributed by atoms with Crippen molar-refractivity contribution in [1.29, 1.82) is 5.26 Å². The van der Waals surface area contributed by atoms with Gasteiger partial charge in [-0.1, -0.05) is 6.42 Å². The smallest absolute Gasteiger partial charge is 0.273 e. The summed E-state index contributed by atoms with van der Waals surface area (Å²) in [6, 6.07) is 6.60. The number of ether oxygens (including phenoxy) is 1. The lowest BCUT2D eigenvalue weighted by molar-refractivity contribution is -0.384. The van der Waals surface area contributed by atoms with E-state index in [-0.39, 0.29) is 11.4 Å². The molecule has 112 valence electrons. The van der Waals surface area contributed by atoms with Crippen LogP contribution >= 0.6 is 0 Å². The van der Waals surface area contributed by atoms with Crippen LogP contribution in [0.1, 0.15) is 31.7 Å². The summed E-state index contributed by atoms with van der Waals surface area (Å²) in [4.78, 5) is 12.6. The van der Waals surface area contributed by atoms with E-state index in [2.05, 4.69) is 11.8 Å². The number of nitriles is 1. The maximum absolute atomic E-state index is 10.8. The summed E-state index contributed by atoms with van der Waals surface area (Å²) >= 11 is 0. The average molecular weight is 289 g/mol. The summed E-state index contributed by atoms with van der Waals surface area (Å²) in [6.07, 6.45) is 3.66. The molecule has 0 aliphatic carbocycles. The van der Waals surface area contributed by atoms with Gasteiger partial charge in [-0.3, -0.25) is 15.0 Å². The van der Waals surface area contributed by atoms with Crippen LogP contribution in [0.15, 0.2) is 18.2 Å². The van der Waals surface area contributed by atoms with E-state index in [1.807, 2.05) is 6.07 Å². The quantitative estimate of drug-likeness (QED) is 0.615. The third-order valence-electron chi connectivity index (χ3n) is 3.87. The first-order valence-electron chi connectivity index (χ1n) is 7.17. The highest BCUT2D eigenvalue weighted by Crippen LogP contribution is 2.24. The zero-order chi connectivity index (χ0) is 15.2. The average Bonchev–Trinajstić information content (AvgIpc) is 2.49. The summed E-state index contributed by atoms with van der Waals surface area (Å²) in [5.41, 5.74) is 0.266. The third kappa shape index (κ3) is 3.92. The van der Waals surface area contributed by atoms with Crippen LogP contribution in [0.25, 0.3) is 0 Å². The molecule has 1 saturated heterocycles. The second-order valence-electron chi connectivity index (χ2n) is 5.28. The van der Waals surface area contributed by atoms with Gasteiger partial charge in [0.2, 0.25) is 0 Å². The molecule has 1 aromatic carbocycles. The molecule has 1 heterocycles. The molecule has 1 atom stereocenters. The number of benzene rings is 1. The summed E-state index contributed by atoms with van der Waals surface area (Å²) in [5.74, 6) is 0.288. The molecule has 0 bridgehead atoms. The number of hydrogen-bond acceptors (Lipinski definition) is 5. The molecule has 1 aliphatic heterocycles. The first kappa shape index (κ1) is 15.3. The minimum absolute atomic E-state index is 0.0599. The maximum atomic E-state index is 10.8. The second kappa shape index (κ2) is 7.04. The molecule has 1 unspecified atom stereocenters. The molecule has 1 aromatic rings. The van der Waals surface area contributed by atoms with E-state index in [0.717, 1.165) is 13.1 Å². The van der Waals surface area contributed by atoms with Crippen molar-refractivity contribution in [3.05, 3.63) is 33.9 Å². The second-order valence-corrected chi connectivity index (χ2v) is 5.28. The van der Waals surface area contributed by atoms with Crippen molar-refractivity contribution in [2.45, 2.75) is 32.2 Å². The highest BCUT2D eigenvalue weighted by atomic mass is 16.6. The van der Waals surface area contributed by atoms with E-state index < -0.39 is 4.92 Å². The Labute approximate surface area is 124 Å². The van der Waals surface area contributed by atoms with Crippen molar-refractivity contribution < 1.29 is 9.66 Å². The normalized spacial score (nSPS) is 19.0. The van der Waals surface area contributed by atoms with Crippen molar-refractivity contribution in [1.82, 2.24) is 4.90 Å². The molecule has 1 fully saturated rings. The van der Waals surface area contributed by atoms with Crippen LogP contribution in [0.4, 0.5) is 5.69 Å². The Morgan fingerprint density at radius 1 is 1.52 bits per heavy atom. The van der Waals surface area contributed by atoms with Gasteiger partial charge in [-0.2, -0.15) is 5.26 Å². The lowest BCUT2D eigenvalue weighted by Crippen LogP contribution is -2.39. The Bertz CT molecular complexity index is 554. The van der Waals surface area contributed by atoms with Crippen molar-refractivity contribution in [2.24, 2.45) is 0 Å². The van der Waals surface area contributed by atoms with Crippen LogP contribution in [0.3, 0.4) is 0 Å². The summed E-state index contributed by atoms with van der Waals surface area (Å²) in [7, 11) is 0. The van der Waals surface area contributed by atoms with Gasteiger partial charge >= 0.3 is 0 Å². The molecule has 0 amide bonds. The van der Waals surface area contributed by atoms with Gasteiger partial charge in [-0.25, -0.2) is 0 Å². The molecule has 2 rings (SSSR count). The maximum Gasteiger partial charge on any atom is 0.273 e. The molecular weight excluding hydrogens is 270 g/mol. The Kier molecular flexibility index (Phi) is 5.12. The van der Waals surface area contributed by atoms with E-state index in [4.69, 9.17) is 10.00 Å². The topological polar surface area (TPSA) is 79.4 Å². The minimum atomic E-state index is -0.485. The molecule has 0 spiro atoms. The SMILES string of the molecule is CC1CCCCN1CCOc1cc([N+](=O)[O-])ccc1C#N. The molecule has 0 radical (unpaired) electrons. The van der Waals surface area contributed by atoms with Gasteiger partial charge in [0.15, 0.2) is 0 Å².